The summed E-state index contributed by atoms with van der Waals surface area (Å²) in [4.78, 5) is 10.8. The summed E-state index contributed by atoms with van der Waals surface area (Å²) in [5.41, 5.74) is 3.16. The SMILES string of the molecule is Cc1nc(N(C)Cc2csc(Br)c2)ncc1CCl. The molecule has 0 N–H and O–H groups in total. The molecule has 0 fully saturated rings. The first kappa shape index (κ1) is 13.8. The fraction of sp³-hybridized carbons (Fsp3) is 0.333. The summed E-state index contributed by atoms with van der Waals surface area (Å²) in [5.74, 6) is 1.18. The first-order valence-corrected chi connectivity index (χ1v) is 7.63. The van der Waals surface area contributed by atoms with E-state index >= 15 is 0 Å². The van der Waals surface area contributed by atoms with Crippen LogP contribution < -0.4 is 4.90 Å². The van der Waals surface area contributed by atoms with Crippen molar-refractivity contribution in [3.63, 3.8) is 0 Å². The molecule has 0 saturated heterocycles. The zero-order valence-corrected chi connectivity index (χ0v) is 13.3. The van der Waals surface area contributed by atoms with Gasteiger partial charge in [0.05, 0.1) is 9.67 Å². The monoisotopic (exact) mass is 345 g/mol. The molecule has 0 aliphatic carbocycles. The van der Waals surface area contributed by atoms with Gasteiger partial charge in [-0.2, -0.15) is 0 Å². The number of hydrogen-bond acceptors (Lipinski definition) is 4. The van der Waals surface area contributed by atoms with Gasteiger partial charge in [0.1, 0.15) is 0 Å². The molecular formula is C12H13BrClN3S. The Morgan fingerprint density at radius 1 is 1.50 bits per heavy atom. The van der Waals surface area contributed by atoms with Crippen LogP contribution in [-0.4, -0.2) is 17.0 Å². The minimum Gasteiger partial charge on any atom is -0.340 e. The second-order valence-electron chi connectivity index (χ2n) is 4.03. The number of aryl methyl sites for hydroxylation is 1. The Morgan fingerprint density at radius 2 is 2.28 bits per heavy atom. The number of hydrogen-bond donors (Lipinski definition) is 0. The van der Waals surface area contributed by atoms with Crippen molar-refractivity contribution >= 4 is 44.8 Å². The minimum absolute atomic E-state index is 0.452. The van der Waals surface area contributed by atoms with Gasteiger partial charge in [-0.25, -0.2) is 9.97 Å². The molecule has 0 unspecified atom stereocenters. The molecule has 0 spiro atoms. The van der Waals surface area contributed by atoms with Crippen molar-refractivity contribution in [2.45, 2.75) is 19.3 Å². The number of rotatable bonds is 4. The molecule has 2 aromatic rings. The van der Waals surface area contributed by atoms with Crippen LogP contribution >= 0.6 is 38.9 Å². The predicted molar refractivity (Wildman–Crippen MR) is 80.5 cm³/mol. The second kappa shape index (κ2) is 5.99. The van der Waals surface area contributed by atoms with Gasteiger partial charge in [-0.1, -0.05) is 0 Å². The summed E-state index contributed by atoms with van der Waals surface area (Å²) in [6.07, 6.45) is 1.80. The van der Waals surface area contributed by atoms with Crippen molar-refractivity contribution in [3.05, 3.63) is 38.3 Å². The fourth-order valence-corrected chi connectivity index (χ4v) is 3.03. The molecular weight excluding hydrogens is 334 g/mol. The maximum absolute atomic E-state index is 5.80. The topological polar surface area (TPSA) is 29.0 Å². The smallest absolute Gasteiger partial charge is 0.225 e. The maximum atomic E-state index is 5.80. The molecule has 0 aliphatic heterocycles. The third kappa shape index (κ3) is 3.22. The van der Waals surface area contributed by atoms with E-state index in [9.17, 15) is 0 Å². The van der Waals surface area contributed by atoms with Crippen LogP contribution in [0.15, 0.2) is 21.4 Å². The molecule has 0 aliphatic rings. The van der Waals surface area contributed by atoms with Crippen molar-refractivity contribution in [1.82, 2.24) is 9.97 Å². The predicted octanol–water partition coefficient (Wildman–Crippen LogP) is 3.98. The van der Waals surface area contributed by atoms with Crippen LogP contribution in [0.5, 0.6) is 0 Å². The van der Waals surface area contributed by atoms with E-state index < -0.39 is 0 Å². The number of anilines is 1. The molecule has 0 radical (unpaired) electrons. The van der Waals surface area contributed by atoms with Crippen LogP contribution in [0.3, 0.4) is 0 Å². The summed E-state index contributed by atoms with van der Waals surface area (Å²) in [5, 5.41) is 2.13. The first-order valence-electron chi connectivity index (χ1n) is 5.42. The summed E-state index contributed by atoms with van der Waals surface area (Å²) < 4.78 is 1.14. The molecule has 6 heteroatoms. The first-order chi connectivity index (χ1) is 8.60. The summed E-state index contributed by atoms with van der Waals surface area (Å²) >= 11 is 10.9. The van der Waals surface area contributed by atoms with Gasteiger partial charge >= 0.3 is 0 Å². The molecule has 2 rings (SSSR count). The molecule has 0 saturated carbocycles. The average molecular weight is 347 g/mol. The molecule has 18 heavy (non-hydrogen) atoms. The second-order valence-corrected chi connectivity index (χ2v) is 6.59. The van der Waals surface area contributed by atoms with Crippen molar-refractivity contribution in [2.24, 2.45) is 0 Å². The molecule has 2 aromatic heterocycles. The molecule has 0 amide bonds. The Morgan fingerprint density at radius 3 is 2.83 bits per heavy atom. The van der Waals surface area contributed by atoms with Gasteiger partial charge in [-0.3, -0.25) is 0 Å². The highest BCUT2D eigenvalue weighted by atomic mass is 79.9. The van der Waals surface area contributed by atoms with Crippen molar-refractivity contribution in [3.8, 4) is 0 Å². The van der Waals surface area contributed by atoms with E-state index in [1.165, 1.54) is 5.56 Å². The summed E-state index contributed by atoms with van der Waals surface area (Å²) in [6.45, 7) is 2.75. The van der Waals surface area contributed by atoms with Crippen LogP contribution in [0.1, 0.15) is 16.8 Å². The van der Waals surface area contributed by atoms with Crippen LogP contribution in [0.25, 0.3) is 0 Å². The number of thiophene rings is 1. The van der Waals surface area contributed by atoms with E-state index in [-0.39, 0.29) is 0 Å². The highest BCUT2D eigenvalue weighted by Gasteiger charge is 2.08. The number of alkyl halides is 1. The zero-order chi connectivity index (χ0) is 13.1. The Bertz CT molecular complexity index is 544. The lowest BCUT2D eigenvalue weighted by Gasteiger charge is -2.17. The standard InChI is InChI=1S/C12H13BrClN3S/c1-8-10(4-14)5-15-12(16-8)17(2)6-9-3-11(13)18-7-9/h3,5,7H,4,6H2,1-2H3. The third-order valence-electron chi connectivity index (χ3n) is 2.60. The lowest BCUT2D eigenvalue weighted by atomic mass is 10.3. The summed E-state index contributed by atoms with van der Waals surface area (Å²) in [7, 11) is 1.99. The Labute approximate surface area is 124 Å². The highest BCUT2D eigenvalue weighted by Crippen LogP contribution is 2.22. The van der Waals surface area contributed by atoms with Gasteiger partial charge in [0.25, 0.3) is 0 Å². The van der Waals surface area contributed by atoms with Gasteiger partial charge < -0.3 is 4.90 Å². The van der Waals surface area contributed by atoms with Gasteiger partial charge in [-0.05, 0) is 39.9 Å². The van der Waals surface area contributed by atoms with Crippen LogP contribution in [0.2, 0.25) is 0 Å². The molecule has 3 nitrogen and oxygen atoms in total. The zero-order valence-electron chi connectivity index (χ0n) is 10.2. The fourth-order valence-electron chi connectivity index (χ4n) is 1.57. The molecule has 0 atom stereocenters. The van der Waals surface area contributed by atoms with E-state index in [2.05, 4.69) is 37.3 Å². The maximum Gasteiger partial charge on any atom is 0.225 e. The van der Waals surface area contributed by atoms with E-state index in [0.717, 1.165) is 27.5 Å². The number of aromatic nitrogens is 2. The minimum atomic E-state index is 0.452. The average Bonchev–Trinajstić information content (AvgIpc) is 2.74. The van der Waals surface area contributed by atoms with Crippen LogP contribution in [-0.2, 0) is 12.4 Å². The normalized spacial score (nSPS) is 10.7. The largest absolute Gasteiger partial charge is 0.340 e. The Hall–Kier alpha value is -0.650. The van der Waals surface area contributed by atoms with Gasteiger partial charge in [0, 0.05) is 31.0 Å². The highest BCUT2D eigenvalue weighted by molar-refractivity contribution is 9.11. The Balaban J connectivity index is 2.13. The molecule has 0 bridgehead atoms. The lowest BCUT2D eigenvalue weighted by molar-refractivity contribution is 0.856. The molecule has 0 aromatic carbocycles. The quantitative estimate of drug-likeness (QED) is 0.784. The van der Waals surface area contributed by atoms with Gasteiger partial charge in [0.2, 0.25) is 5.95 Å². The van der Waals surface area contributed by atoms with Gasteiger partial charge in [-0.15, -0.1) is 22.9 Å². The van der Waals surface area contributed by atoms with E-state index in [0.29, 0.717) is 5.88 Å². The van der Waals surface area contributed by atoms with Crippen molar-refractivity contribution in [2.75, 3.05) is 11.9 Å². The van der Waals surface area contributed by atoms with Crippen LogP contribution in [0.4, 0.5) is 5.95 Å². The lowest BCUT2D eigenvalue weighted by Crippen LogP contribution is -2.19. The molecule has 2 heterocycles. The number of nitrogens with zero attached hydrogens (tertiary/aromatic N) is 3. The van der Waals surface area contributed by atoms with Crippen molar-refractivity contribution < 1.29 is 0 Å². The number of halogens is 2. The van der Waals surface area contributed by atoms with E-state index in [1.807, 2.05) is 18.9 Å². The Kier molecular flexibility index (Phi) is 4.59. The third-order valence-corrected chi connectivity index (χ3v) is 4.44. The van der Waals surface area contributed by atoms with Crippen LogP contribution in [0, 0.1) is 6.92 Å². The summed E-state index contributed by atoms with van der Waals surface area (Å²) in [6, 6.07) is 2.11. The van der Waals surface area contributed by atoms with E-state index in [4.69, 9.17) is 11.6 Å². The molecule has 96 valence electrons. The van der Waals surface area contributed by atoms with E-state index in [1.54, 1.807) is 17.5 Å². The van der Waals surface area contributed by atoms with Gasteiger partial charge in [0.15, 0.2) is 0 Å². The van der Waals surface area contributed by atoms with Crippen molar-refractivity contribution in [1.29, 1.82) is 0 Å².